The van der Waals surface area contributed by atoms with Crippen LogP contribution >= 0.6 is 22.9 Å². The van der Waals surface area contributed by atoms with Crippen molar-refractivity contribution in [3.05, 3.63) is 69.9 Å². The van der Waals surface area contributed by atoms with Gasteiger partial charge in [0.2, 0.25) is 0 Å². The largest absolute Gasteiger partial charge is 0.455 e. The number of nitrogens with zero attached hydrogens (tertiary/aromatic N) is 2. The first-order chi connectivity index (χ1) is 13.1. The summed E-state index contributed by atoms with van der Waals surface area (Å²) in [6.45, 7) is 1.62. The molecule has 1 aromatic carbocycles. The number of ether oxygens (including phenoxy) is 1. The number of rotatable bonds is 5. The van der Waals surface area contributed by atoms with Gasteiger partial charge in [0, 0.05) is 11.6 Å². The highest BCUT2D eigenvalue weighted by Crippen LogP contribution is 2.31. The van der Waals surface area contributed by atoms with Gasteiger partial charge in [-0.2, -0.15) is 0 Å². The number of thiophene rings is 1. The minimum Gasteiger partial charge on any atom is -0.455 e. The second-order valence-corrected chi connectivity index (χ2v) is 7.03. The summed E-state index contributed by atoms with van der Waals surface area (Å²) in [6, 6.07) is 12.7. The average molecular weight is 401 g/mol. The van der Waals surface area contributed by atoms with Crippen LogP contribution in [0.5, 0.6) is 0 Å². The van der Waals surface area contributed by atoms with Crippen molar-refractivity contribution in [3.8, 4) is 21.9 Å². The van der Waals surface area contributed by atoms with E-state index in [4.69, 9.17) is 25.4 Å². The maximum absolute atomic E-state index is 12.6. The molecule has 0 bridgehead atoms. The lowest BCUT2D eigenvalue weighted by Gasteiger charge is -2.04. The van der Waals surface area contributed by atoms with Crippen LogP contribution in [-0.4, -0.2) is 16.3 Å². The molecule has 0 radical (unpaired) electrons. The summed E-state index contributed by atoms with van der Waals surface area (Å²) in [6.07, 6.45) is 0. The Labute approximate surface area is 163 Å². The lowest BCUT2D eigenvalue weighted by atomic mass is 10.1. The topological polar surface area (TPSA) is 78.4 Å². The van der Waals surface area contributed by atoms with E-state index in [9.17, 15) is 4.79 Å². The summed E-state index contributed by atoms with van der Waals surface area (Å²) in [5.74, 6) is 0.424. The van der Waals surface area contributed by atoms with E-state index >= 15 is 0 Å². The van der Waals surface area contributed by atoms with Gasteiger partial charge in [0.25, 0.3) is 0 Å². The van der Waals surface area contributed by atoms with Crippen molar-refractivity contribution in [1.82, 2.24) is 10.3 Å². The van der Waals surface area contributed by atoms with Gasteiger partial charge in [0.1, 0.15) is 29.3 Å². The normalized spacial score (nSPS) is 10.9. The molecule has 6 nitrogen and oxygen atoms in total. The Bertz CT molecular complexity index is 1090. The maximum atomic E-state index is 12.6. The molecule has 0 atom stereocenters. The van der Waals surface area contributed by atoms with Crippen LogP contribution < -0.4 is 0 Å². The number of halogens is 1. The predicted molar refractivity (Wildman–Crippen MR) is 101 cm³/mol. The van der Waals surface area contributed by atoms with E-state index in [2.05, 4.69) is 10.3 Å². The van der Waals surface area contributed by atoms with Crippen molar-refractivity contribution >= 4 is 28.9 Å². The molecular formula is C19H13ClN2O4S. The van der Waals surface area contributed by atoms with E-state index in [0.29, 0.717) is 33.5 Å². The Kier molecular flexibility index (Phi) is 4.79. The van der Waals surface area contributed by atoms with Gasteiger partial charge >= 0.3 is 5.97 Å². The average Bonchev–Trinajstić information content (AvgIpc) is 3.40. The number of hydrogen-bond donors (Lipinski definition) is 0. The monoisotopic (exact) mass is 400 g/mol. The van der Waals surface area contributed by atoms with Crippen molar-refractivity contribution < 1.29 is 18.6 Å². The molecule has 136 valence electrons. The molecule has 27 heavy (non-hydrogen) atoms. The van der Waals surface area contributed by atoms with Gasteiger partial charge in [0.15, 0.2) is 5.76 Å². The predicted octanol–water partition coefficient (Wildman–Crippen LogP) is 5.38. The highest BCUT2D eigenvalue weighted by molar-refractivity contribution is 7.13. The molecule has 3 heterocycles. The molecule has 0 unspecified atom stereocenters. The second-order valence-electron chi connectivity index (χ2n) is 5.68. The Morgan fingerprint density at radius 2 is 2.04 bits per heavy atom. The Morgan fingerprint density at radius 3 is 2.81 bits per heavy atom. The smallest absolute Gasteiger partial charge is 0.344 e. The van der Waals surface area contributed by atoms with Gasteiger partial charge in [-0.25, -0.2) is 4.79 Å². The Morgan fingerprint density at radius 1 is 1.19 bits per heavy atom. The van der Waals surface area contributed by atoms with Crippen molar-refractivity contribution in [2.45, 2.75) is 13.5 Å². The first kappa shape index (κ1) is 17.5. The number of hydrogen-bond acceptors (Lipinski definition) is 7. The fourth-order valence-electron chi connectivity index (χ4n) is 2.58. The summed E-state index contributed by atoms with van der Waals surface area (Å²) < 4.78 is 15.9. The summed E-state index contributed by atoms with van der Waals surface area (Å²) >= 11 is 7.75. The zero-order chi connectivity index (χ0) is 18.8. The summed E-state index contributed by atoms with van der Waals surface area (Å²) in [7, 11) is 0. The third kappa shape index (κ3) is 3.51. The van der Waals surface area contributed by atoms with Gasteiger partial charge in [-0.05, 0) is 24.4 Å². The Balaban J connectivity index is 1.53. The van der Waals surface area contributed by atoms with E-state index in [1.165, 1.54) is 11.3 Å². The zero-order valence-corrected chi connectivity index (χ0v) is 15.7. The van der Waals surface area contributed by atoms with Crippen molar-refractivity contribution in [3.63, 3.8) is 0 Å². The van der Waals surface area contributed by atoms with Crippen molar-refractivity contribution in [2.24, 2.45) is 0 Å². The minimum atomic E-state index is -0.565. The van der Waals surface area contributed by atoms with E-state index in [-0.39, 0.29) is 12.2 Å². The molecule has 8 heteroatoms. The van der Waals surface area contributed by atoms with Crippen molar-refractivity contribution in [2.75, 3.05) is 0 Å². The van der Waals surface area contributed by atoms with Crippen LogP contribution in [0.2, 0.25) is 5.02 Å². The molecule has 0 aliphatic carbocycles. The number of aryl methyl sites for hydroxylation is 1. The summed E-state index contributed by atoms with van der Waals surface area (Å²) in [5.41, 5.74) is 1.71. The van der Waals surface area contributed by atoms with Crippen LogP contribution in [0, 0.1) is 6.92 Å². The lowest BCUT2D eigenvalue weighted by molar-refractivity contribution is 0.0463. The van der Waals surface area contributed by atoms with E-state index in [1.807, 2.05) is 23.6 Å². The van der Waals surface area contributed by atoms with Crippen LogP contribution in [0.1, 0.15) is 21.8 Å². The fourth-order valence-corrected chi connectivity index (χ4v) is 3.47. The molecule has 4 aromatic rings. The van der Waals surface area contributed by atoms with Gasteiger partial charge in [-0.15, -0.1) is 11.3 Å². The van der Waals surface area contributed by atoms with E-state index < -0.39 is 5.97 Å². The first-order valence-electron chi connectivity index (χ1n) is 8.01. The van der Waals surface area contributed by atoms with Crippen LogP contribution in [0.25, 0.3) is 21.9 Å². The SMILES string of the molecule is Cc1onc(-c2ccccc2Cl)c1C(=O)OCc1cc(-c2cccs2)on1. The molecule has 0 fully saturated rings. The van der Waals surface area contributed by atoms with Gasteiger partial charge in [-0.3, -0.25) is 0 Å². The molecule has 0 N–H and O–H groups in total. The Hall–Kier alpha value is -2.90. The highest BCUT2D eigenvalue weighted by atomic mass is 35.5. The highest BCUT2D eigenvalue weighted by Gasteiger charge is 2.24. The second kappa shape index (κ2) is 7.38. The minimum absolute atomic E-state index is 0.0275. The van der Waals surface area contributed by atoms with Crippen LogP contribution in [0.15, 0.2) is 56.9 Å². The van der Waals surface area contributed by atoms with Gasteiger partial charge in [0.05, 0.1) is 9.90 Å². The molecule has 0 amide bonds. The van der Waals surface area contributed by atoms with Crippen LogP contribution in [0.3, 0.4) is 0 Å². The van der Waals surface area contributed by atoms with Gasteiger partial charge < -0.3 is 13.8 Å². The molecule has 0 aliphatic heterocycles. The summed E-state index contributed by atoms with van der Waals surface area (Å²) in [4.78, 5) is 13.6. The quantitative estimate of drug-likeness (QED) is 0.418. The van der Waals surface area contributed by atoms with E-state index in [0.717, 1.165) is 4.88 Å². The molecule has 4 rings (SSSR count). The molecule has 0 aliphatic rings. The van der Waals surface area contributed by atoms with Crippen molar-refractivity contribution in [1.29, 1.82) is 0 Å². The van der Waals surface area contributed by atoms with Crippen LogP contribution in [-0.2, 0) is 11.3 Å². The maximum Gasteiger partial charge on any atom is 0.344 e. The third-order valence-corrected chi connectivity index (χ3v) is 5.08. The third-order valence-electron chi connectivity index (χ3n) is 3.87. The van der Waals surface area contributed by atoms with Gasteiger partial charge in [-0.1, -0.05) is 46.2 Å². The number of benzene rings is 1. The lowest BCUT2D eigenvalue weighted by Crippen LogP contribution is -2.07. The van der Waals surface area contributed by atoms with Crippen LogP contribution in [0.4, 0.5) is 0 Å². The molecule has 0 saturated heterocycles. The fraction of sp³-hybridized carbons (Fsp3) is 0.105. The van der Waals surface area contributed by atoms with E-state index in [1.54, 1.807) is 31.2 Å². The number of esters is 1. The molecule has 0 saturated carbocycles. The number of carbonyl (C=O) groups excluding carboxylic acids is 1. The standard InChI is InChI=1S/C19H13ClN2O4S/c1-11-17(18(22-25-11)13-5-2-3-6-14(13)20)19(23)24-10-12-9-15(26-21-12)16-7-4-8-27-16/h2-9H,10H2,1H3. The number of carbonyl (C=O) groups is 1. The number of aromatic nitrogens is 2. The molecule has 3 aromatic heterocycles. The molecular weight excluding hydrogens is 388 g/mol. The summed E-state index contributed by atoms with van der Waals surface area (Å²) in [5, 5.41) is 10.3. The zero-order valence-electron chi connectivity index (χ0n) is 14.1. The first-order valence-corrected chi connectivity index (χ1v) is 9.27. The molecule has 0 spiro atoms.